The summed E-state index contributed by atoms with van der Waals surface area (Å²) in [6.45, 7) is 6.17. The maximum Gasteiger partial charge on any atom is 1.00 e. The van der Waals surface area contributed by atoms with Crippen LogP contribution in [0.5, 0.6) is 0 Å². The van der Waals surface area contributed by atoms with Gasteiger partial charge in [0.15, 0.2) is 0 Å². The van der Waals surface area contributed by atoms with Crippen LogP contribution in [0.3, 0.4) is 0 Å². The Bertz CT molecular complexity index is 133. The molecule has 2 N–H and O–H groups in total. The zero-order chi connectivity index (χ0) is 7.33. The molecule has 0 aliphatic rings. The van der Waals surface area contributed by atoms with Gasteiger partial charge in [-0.3, -0.25) is 0 Å². The number of aliphatic hydroxyl groups is 1. The van der Waals surface area contributed by atoms with Crippen molar-refractivity contribution in [1.82, 2.24) is 0 Å². The molecule has 0 aromatic rings. The molecule has 0 saturated heterocycles. The first kappa shape index (κ1) is 17.9. The van der Waals surface area contributed by atoms with Crippen LogP contribution in [0.2, 0.25) is 0 Å². The van der Waals surface area contributed by atoms with Crippen LogP contribution in [-0.4, -0.2) is 10.6 Å². The van der Waals surface area contributed by atoms with E-state index in [9.17, 15) is 0 Å². The summed E-state index contributed by atoms with van der Waals surface area (Å²) in [5, 5.41) is 8.27. The molecule has 0 aromatic heterocycles. The molecule has 0 atom stereocenters. The van der Waals surface area contributed by atoms with Crippen molar-refractivity contribution in [2.45, 2.75) is 33.6 Å². The third-order valence-corrected chi connectivity index (χ3v) is 1.27. The van der Waals surface area contributed by atoms with E-state index in [0.717, 1.165) is 12.8 Å². The molecule has 0 unspecified atom stereocenters. The molecular weight excluding hydrogens is 167 g/mol. The second-order valence-electron chi connectivity index (χ2n) is 2.87. The summed E-state index contributed by atoms with van der Waals surface area (Å²) < 4.78 is 0. The molecule has 0 heterocycles. The van der Waals surface area contributed by atoms with Crippen molar-refractivity contribution in [3.63, 3.8) is 0 Å². The second-order valence-corrected chi connectivity index (χ2v) is 2.87. The summed E-state index contributed by atoms with van der Waals surface area (Å²) in [4.78, 5) is 0. The molecular formula is C8H15KO2. The van der Waals surface area contributed by atoms with Crippen molar-refractivity contribution in [2.24, 2.45) is 5.41 Å². The van der Waals surface area contributed by atoms with Gasteiger partial charge in [-0.2, -0.15) is 0 Å². The molecule has 0 fully saturated rings. The molecule has 0 aromatic carbocycles. The summed E-state index contributed by atoms with van der Waals surface area (Å²) in [5.41, 5.74) is -0.0104. The first-order valence-electron chi connectivity index (χ1n) is 3.28. The smallest absolute Gasteiger partial charge is 0.870 e. The van der Waals surface area contributed by atoms with E-state index < -0.39 is 0 Å². The van der Waals surface area contributed by atoms with Gasteiger partial charge in [0.05, 0.1) is 0 Å². The second kappa shape index (κ2) is 9.05. The Balaban J connectivity index is -0.000000320. The summed E-state index contributed by atoms with van der Waals surface area (Å²) >= 11 is 0. The SMILES string of the molecule is CCCC(C)(C)C#CO.[K+].[OH-]. The Labute approximate surface area is 111 Å². The van der Waals surface area contributed by atoms with Gasteiger partial charge in [0.1, 0.15) is 6.11 Å². The maximum absolute atomic E-state index is 8.27. The van der Waals surface area contributed by atoms with Crippen molar-refractivity contribution in [2.75, 3.05) is 0 Å². The van der Waals surface area contributed by atoms with Crippen LogP contribution in [0.25, 0.3) is 0 Å². The maximum atomic E-state index is 8.27. The quantitative estimate of drug-likeness (QED) is 0.439. The summed E-state index contributed by atoms with van der Waals surface area (Å²) in [6.07, 6.45) is 4.10. The van der Waals surface area contributed by atoms with E-state index in [2.05, 4.69) is 12.8 Å². The van der Waals surface area contributed by atoms with Crippen LogP contribution in [0.15, 0.2) is 0 Å². The van der Waals surface area contributed by atoms with Gasteiger partial charge in [-0.05, 0) is 20.3 Å². The van der Waals surface area contributed by atoms with E-state index in [1.54, 1.807) is 0 Å². The number of hydrogen-bond acceptors (Lipinski definition) is 2. The van der Waals surface area contributed by atoms with E-state index in [1.807, 2.05) is 20.0 Å². The van der Waals surface area contributed by atoms with Crippen molar-refractivity contribution in [3.8, 4) is 12.0 Å². The average molecular weight is 182 g/mol. The summed E-state index contributed by atoms with van der Waals surface area (Å²) in [6, 6.07) is 0. The minimum absolute atomic E-state index is 0. The van der Waals surface area contributed by atoms with Crippen LogP contribution in [-0.2, 0) is 0 Å². The zero-order valence-electron chi connectivity index (χ0n) is 7.81. The molecule has 0 aliphatic carbocycles. The van der Waals surface area contributed by atoms with Crippen LogP contribution in [0.1, 0.15) is 33.6 Å². The summed E-state index contributed by atoms with van der Waals surface area (Å²) in [7, 11) is 0. The van der Waals surface area contributed by atoms with Gasteiger partial charge in [0.2, 0.25) is 0 Å². The molecule has 0 spiro atoms. The van der Waals surface area contributed by atoms with Crippen LogP contribution in [0, 0.1) is 17.4 Å². The predicted molar refractivity (Wildman–Crippen MR) is 40.3 cm³/mol. The zero-order valence-corrected chi connectivity index (χ0v) is 10.9. The van der Waals surface area contributed by atoms with Gasteiger partial charge in [-0.15, -0.1) is 0 Å². The number of rotatable bonds is 2. The van der Waals surface area contributed by atoms with E-state index in [0.29, 0.717) is 0 Å². The Kier molecular flexibility index (Phi) is 14.7. The molecule has 0 rings (SSSR count). The molecule has 2 nitrogen and oxygen atoms in total. The van der Waals surface area contributed by atoms with Crippen LogP contribution < -0.4 is 51.4 Å². The first-order valence-corrected chi connectivity index (χ1v) is 3.28. The van der Waals surface area contributed by atoms with Crippen molar-refractivity contribution in [3.05, 3.63) is 0 Å². The molecule has 3 heteroatoms. The fourth-order valence-electron chi connectivity index (χ4n) is 0.839. The molecule has 60 valence electrons. The average Bonchev–Trinajstić information content (AvgIpc) is 1.64. The monoisotopic (exact) mass is 182 g/mol. The first-order chi connectivity index (χ1) is 4.12. The molecule has 0 bridgehead atoms. The van der Waals surface area contributed by atoms with Crippen LogP contribution in [0.4, 0.5) is 0 Å². The van der Waals surface area contributed by atoms with Gasteiger partial charge in [-0.1, -0.05) is 19.3 Å². The van der Waals surface area contributed by atoms with E-state index in [4.69, 9.17) is 5.11 Å². The topological polar surface area (TPSA) is 50.2 Å². The number of hydrogen-bond donors (Lipinski definition) is 1. The van der Waals surface area contributed by atoms with Gasteiger partial charge in [0.25, 0.3) is 0 Å². The Morgan fingerprint density at radius 2 is 1.82 bits per heavy atom. The largest absolute Gasteiger partial charge is 1.00 e. The molecule has 0 saturated carbocycles. The van der Waals surface area contributed by atoms with Crippen LogP contribution >= 0.6 is 0 Å². The minimum atomic E-state index is -0.0104. The fourth-order valence-corrected chi connectivity index (χ4v) is 0.839. The van der Waals surface area contributed by atoms with Crippen molar-refractivity contribution < 1.29 is 62.0 Å². The Hall–Kier alpha value is 0.956. The van der Waals surface area contributed by atoms with E-state index in [1.165, 1.54) is 0 Å². The molecule has 0 amide bonds. The van der Waals surface area contributed by atoms with Gasteiger partial charge >= 0.3 is 51.4 Å². The number of aliphatic hydroxyl groups excluding tert-OH is 1. The van der Waals surface area contributed by atoms with Crippen molar-refractivity contribution in [1.29, 1.82) is 0 Å². The third kappa shape index (κ3) is 11.0. The van der Waals surface area contributed by atoms with Gasteiger partial charge < -0.3 is 10.6 Å². The predicted octanol–water partition coefficient (Wildman–Crippen LogP) is -1.03. The molecule has 0 aliphatic heterocycles. The van der Waals surface area contributed by atoms with Gasteiger partial charge in [-0.25, -0.2) is 0 Å². The Morgan fingerprint density at radius 3 is 2.09 bits per heavy atom. The normalized spacial score (nSPS) is 8.27. The fraction of sp³-hybridized carbons (Fsp3) is 0.750. The van der Waals surface area contributed by atoms with Gasteiger partial charge in [0, 0.05) is 5.41 Å². The van der Waals surface area contributed by atoms with Crippen molar-refractivity contribution >= 4 is 0 Å². The molecule has 0 radical (unpaired) electrons. The standard InChI is InChI=1S/C8H14O.K.H2O/c1-4-5-8(2,3)6-7-9;;/h9H,4-5H2,1-3H3;;1H2/q;+1;/p-1. The van der Waals surface area contributed by atoms with E-state index >= 15 is 0 Å². The summed E-state index contributed by atoms with van der Waals surface area (Å²) in [5.74, 6) is 2.73. The third-order valence-electron chi connectivity index (χ3n) is 1.27. The Morgan fingerprint density at radius 1 is 1.36 bits per heavy atom. The molecule has 11 heavy (non-hydrogen) atoms. The van der Waals surface area contributed by atoms with E-state index in [-0.39, 0.29) is 62.3 Å². The minimum Gasteiger partial charge on any atom is -0.870 e.